The SMILES string of the molecule is Cc1cc2c(NC3CNC(=O)C3)nc(NN)nc2s1. The Morgan fingerprint density at radius 3 is 3.05 bits per heavy atom. The standard InChI is InChI=1S/C11H14N6OS/c1-5-2-7-9(14-6-3-8(18)13-4-6)15-11(17-12)16-10(7)19-5/h2,6H,3-4,12H2,1H3,(H,13,18)(H2,14,15,16,17). The van der Waals surface area contributed by atoms with Gasteiger partial charge in [0.25, 0.3) is 0 Å². The number of fused-ring (bicyclic) bond motifs is 1. The molecule has 19 heavy (non-hydrogen) atoms. The van der Waals surface area contributed by atoms with Gasteiger partial charge in [-0.3, -0.25) is 10.2 Å². The van der Waals surface area contributed by atoms with Gasteiger partial charge in [-0.1, -0.05) is 0 Å². The third-order valence-electron chi connectivity index (χ3n) is 2.96. The topological polar surface area (TPSA) is 105 Å². The number of nitrogen functional groups attached to an aromatic ring is 1. The van der Waals surface area contributed by atoms with Crippen LogP contribution in [-0.4, -0.2) is 28.5 Å². The Morgan fingerprint density at radius 2 is 2.37 bits per heavy atom. The first-order chi connectivity index (χ1) is 9.15. The second-order valence-corrected chi connectivity index (χ2v) is 5.70. The first-order valence-electron chi connectivity index (χ1n) is 5.94. The van der Waals surface area contributed by atoms with E-state index >= 15 is 0 Å². The van der Waals surface area contributed by atoms with Crippen LogP contribution in [0.2, 0.25) is 0 Å². The number of carbonyl (C=O) groups is 1. The van der Waals surface area contributed by atoms with E-state index in [-0.39, 0.29) is 11.9 Å². The van der Waals surface area contributed by atoms with Crippen LogP contribution in [0.25, 0.3) is 10.2 Å². The molecule has 0 saturated carbocycles. The highest BCUT2D eigenvalue weighted by Gasteiger charge is 2.22. The van der Waals surface area contributed by atoms with Crippen LogP contribution >= 0.6 is 11.3 Å². The summed E-state index contributed by atoms with van der Waals surface area (Å²) in [6, 6.07) is 2.09. The van der Waals surface area contributed by atoms with Crippen LogP contribution in [0.5, 0.6) is 0 Å². The maximum atomic E-state index is 11.2. The highest BCUT2D eigenvalue weighted by Crippen LogP contribution is 2.30. The average Bonchev–Trinajstić information content (AvgIpc) is 2.94. The lowest BCUT2D eigenvalue weighted by atomic mass is 10.2. The highest BCUT2D eigenvalue weighted by atomic mass is 32.1. The molecule has 7 nitrogen and oxygen atoms in total. The van der Waals surface area contributed by atoms with E-state index in [1.54, 1.807) is 11.3 Å². The molecular formula is C11H14N6OS. The molecule has 0 aromatic carbocycles. The minimum atomic E-state index is 0.0523. The lowest BCUT2D eigenvalue weighted by Gasteiger charge is -2.12. The van der Waals surface area contributed by atoms with Crippen LogP contribution in [-0.2, 0) is 4.79 Å². The van der Waals surface area contributed by atoms with Crippen LogP contribution in [0, 0.1) is 6.92 Å². The summed E-state index contributed by atoms with van der Waals surface area (Å²) in [7, 11) is 0. The van der Waals surface area contributed by atoms with E-state index in [2.05, 4.69) is 26.0 Å². The summed E-state index contributed by atoms with van der Waals surface area (Å²) in [5.41, 5.74) is 2.46. The molecule has 1 fully saturated rings. The summed E-state index contributed by atoms with van der Waals surface area (Å²) >= 11 is 1.59. The van der Waals surface area contributed by atoms with E-state index in [4.69, 9.17) is 5.84 Å². The molecule has 1 unspecified atom stereocenters. The van der Waals surface area contributed by atoms with Crippen molar-refractivity contribution >= 4 is 39.2 Å². The second kappa shape index (κ2) is 4.63. The van der Waals surface area contributed by atoms with Gasteiger partial charge in [0, 0.05) is 17.8 Å². The first-order valence-corrected chi connectivity index (χ1v) is 6.75. The third kappa shape index (κ3) is 2.32. The number of thiophene rings is 1. The second-order valence-electron chi connectivity index (χ2n) is 4.47. The van der Waals surface area contributed by atoms with Crippen molar-refractivity contribution in [1.82, 2.24) is 15.3 Å². The van der Waals surface area contributed by atoms with Crippen molar-refractivity contribution in [3.05, 3.63) is 10.9 Å². The van der Waals surface area contributed by atoms with E-state index in [1.165, 1.54) is 0 Å². The Labute approximate surface area is 113 Å². The quantitative estimate of drug-likeness (QED) is 0.484. The number of nitrogens with two attached hydrogens (primary N) is 1. The fraction of sp³-hybridized carbons (Fsp3) is 0.364. The summed E-state index contributed by atoms with van der Waals surface area (Å²) in [4.78, 5) is 21.9. The molecule has 1 saturated heterocycles. The smallest absolute Gasteiger partial charge is 0.240 e. The number of rotatable bonds is 3. The van der Waals surface area contributed by atoms with E-state index < -0.39 is 0 Å². The van der Waals surface area contributed by atoms with Gasteiger partial charge in [-0.05, 0) is 13.0 Å². The monoisotopic (exact) mass is 278 g/mol. The fourth-order valence-electron chi connectivity index (χ4n) is 2.12. The summed E-state index contributed by atoms with van der Waals surface area (Å²) in [5, 5.41) is 7.03. The van der Waals surface area contributed by atoms with Crippen molar-refractivity contribution < 1.29 is 4.79 Å². The highest BCUT2D eigenvalue weighted by molar-refractivity contribution is 7.18. The maximum absolute atomic E-state index is 11.2. The van der Waals surface area contributed by atoms with Gasteiger partial charge in [-0.25, -0.2) is 10.8 Å². The molecule has 1 aliphatic heterocycles. The molecule has 0 aliphatic carbocycles. The van der Waals surface area contributed by atoms with Gasteiger partial charge >= 0.3 is 0 Å². The Hall–Kier alpha value is -1.93. The molecule has 5 N–H and O–H groups in total. The number of amides is 1. The molecule has 3 rings (SSSR count). The van der Waals surface area contributed by atoms with Gasteiger partial charge in [-0.15, -0.1) is 11.3 Å². The van der Waals surface area contributed by atoms with E-state index in [1.807, 2.05) is 13.0 Å². The number of hydrazine groups is 1. The Morgan fingerprint density at radius 1 is 1.53 bits per heavy atom. The molecule has 8 heteroatoms. The van der Waals surface area contributed by atoms with E-state index in [9.17, 15) is 4.79 Å². The van der Waals surface area contributed by atoms with Crippen LogP contribution in [0.1, 0.15) is 11.3 Å². The van der Waals surface area contributed by atoms with Crippen molar-refractivity contribution in [3.63, 3.8) is 0 Å². The molecule has 0 bridgehead atoms. The fourth-order valence-corrected chi connectivity index (χ4v) is 3.00. The van der Waals surface area contributed by atoms with Gasteiger partial charge in [0.2, 0.25) is 11.9 Å². The van der Waals surface area contributed by atoms with Gasteiger partial charge in [0.05, 0.1) is 11.4 Å². The van der Waals surface area contributed by atoms with Crippen LogP contribution < -0.4 is 21.9 Å². The maximum Gasteiger partial charge on any atom is 0.240 e. The molecule has 1 aliphatic rings. The number of aryl methyl sites for hydroxylation is 1. The molecule has 2 aromatic rings. The van der Waals surface area contributed by atoms with Crippen LogP contribution in [0.4, 0.5) is 11.8 Å². The zero-order valence-corrected chi connectivity index (χ0v) is 11.2. The Bertz CT molecular complexity index is 639. The number of nitrogens with zero attached hydrogens (tertiary/aromatic N) is 2. The minimum Gasteiger partial charge on any atom is -0.364 e. The van der Waals surface area contributed by atoms with Gasteiger partial charge < -0.3 is 10.6 Å². The minimum absolute atomic E-state index is 0.0523. The summed E-state index contributed by atoms with van der Waals surface area (Å²) in [6.45, 7) is 2.63. The number of carbonyl (C=O) groups excluding carboxylic acids is 1. The summed E-state index contributed by atoms with van der Waals surface area (Å²) in [5.74, 6) is 6.52. The van der Waals surface area contributed by atoms with Crippen LogP contribution in [0.3, 0.4) is 0 Å². The van der Waals surface area contributed by atoms with Crippen LogP contribution in [0.15, 0.2) is 6.07 Å². The zero-order valence-electron chi connectivity index (χ0n) is 10.4. The van der Waals surface area contributed by atoms with Crippen molar-refractivity contribution in [2.45, 2.75) is 19.4 Å². The predicted octanol–water partition coefficient (Wildman–Crippen LogP) is 0.586. The third-order valence-corrected chi connectivity index (χ3v) is 3.91. The number of hydrogen-bond donors (Lipinski definition) is 4. The lowest BCUT2D eigenvalue weighted by Crippen LogP contribution is -2.23. The molecule has 0 spiro atoms. The van der Waals surface area contributed by atoms with Gasteiger partial charge in [0.1, 0.15) is 10.6 Å². The van der Waals surface area contributed by atoms with Crippen molar-refractivity contribution in [1.29, 1.82) is 0 Å². The normalized spacial score (nSPS) is 18.6. The predicted molar refractivity (Wildman–Crippen MR) is 75.0 cm³/mol. The zero-order chi connectivity index (χ0) is 13.4. The molecule has 0 radical (unpaired) electrons. The number of nitrogens with one attached hydrogen (secondary N) is 3. The van der Waals surface area contributed by atoms with Gasteiger partial charge in [-0.2, -0.15) is 4.98 Å². The van der Waals surface area contributed by atoms with Crippen molar-refractivity contribution in [3.8, 4) is 0 Å². The molecule has 2 aromatic heterocycles. The van der Waals surface area contributed by atoms with Gasteiger partial charge in [0.15, 0.2) is 0 Å². The molecule has 3 heterocycles. The Kier molecular flexibility index (Phi) is 2.96. The lowest BCUT2D eigenvalue weighted by molar-refractivity contribution is -0.119. The number of aromatic nitrogens is 2. The number of anilines is 2. The van der Waals surface area contributed by atoms with Crippen molar-refractivity contribution in [2.24, 2.45) is 5.84 Å². The molecule has 1 atom stereocenters. The molecular weight excluding hydrogens is 264 g/mol. The first kappa shape index (κ1) is 12.1. The van der Waals surface area contributed by atoms with E-state index in [0.717, 1.165) is 15.1 Å². The number of hydrogen-bond acceptors (Lipinski definition) is 7. The van der Waals surface area contributed by atoms with E-state index in [0.29, 0.717) is 24.7 Å². The largest absolute Gasteiger partial charge is 0.364 e. The van der Waals surface area contributed by atoms with Crippen molar-refractivity contribution in [2.75, 3.05) is 17.3 Å². The molecule has 1 amide bonds. The molecule has 100 valence electrons. The average molecular weight is 278 g/mol. The summed E-state index contributed by atoms with van der Waals surface area (Å²) < 4.78 is 0. The Balaban J connectivity index is 1.98. The summed E-state index contributed by atoms with van der Waals surface area (Å²) in [6.07, 6.45) is 0.458.